The number of benzene rings is 1. The molecule has 1 saturated heterocycles. The Morgan fingerprint density at radius 1 is 1.38 bits per heavy atom. The van der Waals surface area contributed by atoms with E-state index in [9.17, 15) is 4.79 Å². The maximum atomic E-state index is 12.8. The number of amides is 1. The fraction of sp³-hybridized carbons (Fsp3) is 0.529. The first kappa shape index (κ1) is 15.5. The second-order valence-electron chi connectivity index (χ2n) is 5.60. The summed E-state index contributed by atoms with van der Waals surface area (Å²) in [5.74, 6) is 0.302. The minimum atomic E-state index is -0.0729. The summed E-state index contributed by atoms with van der Waals surface area (Å²) < 4.78 is 0. The van der Waals surface area contributed by atoms with Crippen LogP contribution in [0, 0.1) is 5.92 Å². The van der Waals surface area contributed by atoms with Gasteiger partial charge in [0.05, 0.1) is 11.6 Å². The SMILES string of the molecule is CCC1CN(C(=O)C(CC)c2ccccc2)CC/C1=N/O. The molecule has 114 valence electrons. The first-order valence-electron chi connectivity index (χ1n) is 7.75. The molecule has 1 aliphatic rings. The zero-order valence-corrected chi connectivity index (χ0v) is 12.8. The maximum absolute atomic E-state index is 12.8. The van der Waals surface area contributed by atoms with Gasteiger partial charge in [0.25, 0.3) is 0 Å². The molecule has 1 aromatic rings. The molecule has 4 nitrogen and oxygen atoms in total. The van der Waals surface area contributed by atoms with Gasteiger partial charge < -0.3 is 10.1 Å². The number of rotatable bonds is 4. The Labute approximate surface area is 126 Å². The molecule has 0 radical (unpaired) electrons. The topological polar surface area (TPSA) is 52.9 Å². The lowest BCUT2D eigenvalue weighted by molar-refractivity contribution is -0.133. The van der Waals surface area contributed by atoms with Crippen LogP contribution in [-0.4, -0.2) is 34.8 Å². The van der Waals surface area contributed by atoms with Crippen LogP contribution < -0.4 is 0 Å². The summed E-state index contributed by atoms with van der Waals surface area (Å²) in [7, 11) is 0. The highest BCUT2D eigenvalue weighted by Crippen LogP contribution is 2.25. The van der Waals surface area contributed by atoms with Gasteiger partial charge in [-0.15, -0.1) is 0 Å². The molecular weight excluding hydrogens is 264 g/mol. The number of carbonyl (C=O) groups excluding carboxylic acids is 1. The highest BCUT2D eigenvalue weighted by Gasteiger charge is 2.31. The average Bonchev–Trinajstić information content (AvgIpc) is 2.55. The van der Waals surface area contributed by atoms with Gasteiger partial charge in [-0.25, -0.2) is 0 Å². The summed E-state index contributed by atoms with van der Waals surface area (Å²) in [6, 6.07) is 9.97. The fourth-order valence-electron chi connectivity index (χ4n) is 3.07. The molecule has 1 heterocycles. The molecule has 1 amide bonds. The number of likely N-dealkylation sites (tertiary alicyclic amines) is 1. The highest BCUT2D eigenvalue weighted by molar-refractivity contribution is 5.90. The monoisotopic (exact) mass is 288 g/mol. The lowest BCUT2D eigenvalue weighted by atomic mass is 9.90. The normalized spacial score (nSPS) is 22.3. The van der Waals surface area contributed by atoms with Gasteiger partial charge in [0.1, 0.15) is 0 Å². The van der Waals surface area contributed by atoms with Crippen molar-refractivity contribution < 1.29 is 10.0 Å². The number of piperidine rings is 1. The van der Waals surface area contributed by atoms with E-state index in [0.29, 0.717) is 19.5 Å². The third-order valence-corrected chi connectivity index (χ3v) is 4.39. The summed E-state index contributed by atoms with van der Waals surface area (Å²) >= 11 is 0. The highest BCUT2D eigenvalue weighted by atomic mass is 16.4. The van der Waals surface area contributed by atoms with E-state index in [1.165, 1.54) is 0 Å². The van der Waals surface area contributed by atoms with Crippen LogP contribution in [0.5, 0.6) is 0 Å². The van der Waals surface area contributed by atoms with E-state index in [0.717, 1.165) is 24.1 Å². The average molecular weight is 288 g/mol. The van der Waals surface area contributed by atoms with Gasteiger partial charge >= 0.3 is 0 Å². The first-order chi connectivity index (χ1) is 10.2. The predicted octanol–water partition coefficient (Wildman–Crippen LogP) is 3.27. The quantitative estimate of drug-likeness (QED) is 0.683. The number of carbonyl (C=O) groups is 1. The number of hydrogen-bond acceptors (Lipinski definition) is 3. The molecular formula is C17H24N2O2. The van der Waals surface area contributed by atoms with Crippen molar-refractivity contribution in [2.75, 3.05) is 13.1 Å². The van der Waals surface area contributed by atoms with Crippen LogP contribution in [0.4, 0.5) is 0 Å². The molecule has 1 aliphatic heterocycles. The van der Waals surface area contributed by atoms with Crippen LogP contribution in [0.15, 0.2) is 35.5 Å². The molecule has 0 bridgehead atoms. The van der Waals surface area contributed by atoms with Crippen molar-refractivity contribution in [2.24, 2.45) is 11.1 Å². The van der Waals surface area contributed by atoms with Gasteiger partial charge in [0.2, 0.25) is 5.91 Å². The molecule has 1 fully saturated rings. The Morgan fingerprint density at radius 3 is 2.67 bits per heavy atom. The third kappa shape index (κ3) is 3.43. The van der Waals surface area contributed by atoms with Crippen LogP contribution >= 0.6 is 0 Å². The van der Waals surface area contributed by atoms with E-state index in [2.05, 4.69) is 19.0 Å². The van der Waals surface area contributed by atoms with Crippen LogP contribution in [0.2, 0.25) is 0 Å². The van der Waals surface area contributed by atoms with Crippen molar-refractivity contribution in [3.05, 3.63) is 35.9 Å². The molecule has 2 unspecified atom stereocenters. The first-order valence-corrected chi connectivity index (χ1v) is 7.75. The molecule has 0 saturated carbocycles. The van der Waals surface area contributed by atoms with E-state index in [-0.39, 0.29) is 17.7 Å². The van der Waals surface area contributed by atoms with Gasteiger partial charge in [0.15, 0.2) is 0 Å². The third-order valence-electron chi connectivity index (χ3n) is 4.39. The Hall–Kier alpha value is -1.84. The predicted molar refractivity (Wildman–Crippen MR) is 83.7 cm³/mol. The maximum Gasteiger partial charge on any atom is 0.230 e. The Kier molecular flexibility index (Phi) is 5.37. The summed E-state index contributed by atoms with van der Waals surface area (Å²) in [4.78, 5) is 14.7. The molecule has 2 atom stereocenters. The van der Waals surface area contributed by atoms with Crippen LogP contribution in [0.25, 0.3) is 0 Å². The van der Waals surface area contributed by atoms with Crippen LogP contribution in [0.3, 0.4) is 0 Å². The molecule has 1 N–H and O–H groups in total. The minimum Gasteiger partial charge on any atom is -0.411 e. The molecule has 2 rings (SSSR count). The zero-order chi connectivity index (χ0) is 15.2. The number of nitrogens with zero attached hydrogens (tertiary/aromatic N) is 2. The second-order valence-corrected chi connectivity index (χ2v) is 5.60. The van der Waals surface area contributed by atoms with E-state index < -0.39 is 0 Å². The van der Waals surface area contributed by atoms with Crippen molar-refractivity contribution in [2.45, 2.75) is 39.0 Å². The largest absolute Gasteiger partial charge is 0.411 e. The smallest absolute Gasteiger partial charge is 0.230 e. The number of hydrogen-bond donors (Lipinski definition) is 1. The molecule has 0 aliphatic carbocycles. The fourth-order valence-corrected chi connectivity index (χ4v) is 3.07. The van der Waals surface area contributed by atoms with Gasteiger partial charge in [-0.05, 0) is 18.4 Å². The number of oxime groups is 1. The summed E-state index contributed by atoms with van der Waals surface area (Å²) in [6.45, 7) is 5.44. The standard InChI is InChI=1S/C17H24N2O2/c1-3-13-12-19(11-10-16(13)18-21)17(20)15(4-2)14-8-6-5-7-9-14/h5-9,13,15,21H,3-4,10-12H2,1-2H3/b18-16-. The van der Waals surface area contributed by atoms with Gasteiger partial charge in [0, 0.05) is 25.4 Å². The van der Waals surface area contributed by atoms with Gasteiger partial charge in [-0.3, -0.25) is 4.79 Å². The van der Waals surface area contributed by atoms with Crippen molar-refractivity contribution in [3.8, 4) is 0 Å². The molecule has 0 aromatic heterocycles. The van der Waals surface area contributed by atoms with Crippen molar-refractivity contribution in [3.63, 3.8) is 0 Å². The van der Waals surface area contributed by atoms with Crippen LogP contribution in [0.1, 0.15) is 44.6 Å². The van der Waals surface area contributed by atoms with Crippen molar-refractivity contribution >= 4 is 11.6 Å². The summed E-state index contributed by atoms with van der Waals surface area (Å²) in [5.41, 5.74) is 1.91. The van der Waals surface area contributed by atoms with Gasteiger partial charge in [-0.2, -0.15) is 0 Å². The van der Waals surface area contributed by atoms with E-state index in [4.69, 9.17) is 5.21 Å². The van der Waals surface area contributed by atoms with Crippen molar-refractivity contribution in [1.82, 2.24) is 4.90 Å². The molecule has 21 heavy (non-hydrogen) atoms. The molecule has 4 heteroatoms. The van der Waals surface area contributed by atoms with Crippen molar-refractivity contribution in [1.29, 1.82) is 0 Å². The Morgan fingerprint density at radius 2 is 2.10 bits per heavy atom. The Balaban J connectivity index is 2.12. The van der Waals surface area contributed by atoms with E-state index >= 15 is 0 Å². The van der Waals surface area contributed by atoms with E-state index in [1.54, 1.807) is 0 Å². The van der Waals surface area contributed by atoms with Crippen LogP contribution in [-0.2, 0) is 4.79 Å². The molecule has 1 aromatic carbocycles. The zero-order valence-electron chi connectivity index (χ0n) is 12.8. The lowest BCUT2D eigenvalue weighted by Gasteiger charge is -2.35. The summed E-state index contributed by atoms with van der Waals surface area (Å²) in [5, 5.41) is 12.4. The molecule has 0 spiro atoms. The Bertz CT molecular complexity index is 499. The second kappa shape index (κ2) is 7.25. The van der Waals surface area contributed by atoms with E-state index in [1.807, 2.05) is 35.2 Å². The van der Waals surface area contributed by atoms with Gasteiger partial charge in [-0.1, -0.05) is 49.3 Å². The lowest BCUT2D eigenvalue weighted by Crippen LogP contribution is -2.45. The summed E-state index contributed by atoms with van der Waals surface area (Å²) in [6.07, 6.45) is 2.37. The minimum absolute atomic E-state index is 0.0729.